The highest BCUT2D eigenvalue weighted by Gasteiger charge is 2.17. The predicted molar refractivity (Wildman–Crippen MR) is 113 cm³/mol. The van der Waals surface area contributed by atoms with Crippen molar-refractivity contribution >= 4 is 24.5 Å². The van der Waals surface area contributed by atoms with Crippen molar-refractivity contribution in [3.05, 3.63) is 24.3 Å². The van der Waals surface area contributed by atoms with Crippen LogP contribution in [0.2, 0.25) is 0 Å². The molecule has 0 aliphatic heterocycles. The number of carbonyl (C=O) groups excluding carboxylic acids is 1. The summed E-state index contributed by atoms with van der Waals surface area (Å²) >= 11 is 3.93. The lowest BCUT2D eigenvalue weighted by Crippen LogP contribution is -2.42. The minimum atomic E-state index is -1.03. The van der Waals surface area contributed by atoms with E-state index in [1.165, 1.54) is 38.5 Å². The SMILES string of the molecule is CCCCC/C=C/C/C=C/CCCCCCCC(=O)N[C@@H](CS)C(=O)O. The third-order valence-electron chi connectivity index (χ3n) is 4.17. The summed E-state index contributed by atoms with van der Waals surface area (Å²) in [5, 5.41) is 11.3. The first-order valence-electron chi connectivity index (χ1n) is 10.0. The molecule has 5 heteroatoms. The summed E-state index contributed by atoms with van der Waals surface area (Å²) < 4.78 is 0. The molecule has 0 aromatic carbocycles. The van der Waals surface area contributed by atoms with Crippen LogP contribution in [0.3, 0.4) is 0 Å². The van der Waals surface area contributed by atoms with Crippen LogP contribution in [0.15, 0.2) is 24.3 Å². The van der Waals surface area contributed by atoms with Crippen molar-refractivity contribution in [1.82, 2.24) is 5.32 Å². The van der Waals surface area contributed by atoms with Gasteiger partial charge in [0.25, 0.3) is 0 Å². The second kappa shape index (κ2) is 18.6. The Morgan fingerprint density at radius 1 is 0.923 bits per heavy atom. The van der Waals surface area contributed by atoms with Crippen LogP contribution in [-0.4, -0.2) is 28.8 Å². The molecule has 0 spiro atoms. The Kier molecular flexibility index (Phi) is 17.7. The average Bonchev–Trinajstić information content (AvgIpc) is 2.62. The summed E-state index contributed by atoms with van der Waals surface area (Å²) in [4.78, 5) is 22.4. The van der Waals surface area contributed by atoms with E-state index in [1.807, 2.05) is 0 Å². The molecule has 0 rings (SSSR count). The van der Waals surface area contributed by atoms with E-state index in [-0.39, 0.29) is 11.7 Å². The van der Waals surface area contributed by atoms with Gasteiger partial charge in [0.05, 0.1) is 0 Å². The molecule has 0 bridgehead atoms. The Labute approximate surface area is 164 Å². The van der Waals surface area contributed by atoms with Crippen LogP contribution in [-0.2, 0) is 9.59 Å². The van der Waals surface area contributed by atoms with Crippen LogP contribution in [0.1, 0.15) is 84.0 Å². The number of carbonyl (C=O) groups is 2. The molecule has 0 saturated carbocycles. The van der Waals surface area contributed by atoms with Crippen molar-refractivity contribution in [3.63, 3.8) is 0 Å². The lowest BCUT2D eigenvalue weighted by molar-refractivity contribution is -0.141. The van der Waals surface area contributed by atoms with E-state index < -0.39 is 12.0 Å². The van der Waals surface area contributed by atoms with Crippen LogP contribution in [0, 0.1) is 0 Å². The minimum Gasteiger partial charge on any atom is -0.480 e. The monoisotopic (exact) mass is 383 g/mol. The second-order valence-electron chi connectivity index (χ2n) is 6.62. The van der Waals surface area contributed by atoms with Crippen molar-refractivity contribution in [3.8, 4) is 0 Å². The molecule has 1 atom stereocenters. The number of hydrogen-bond acceptors (Lipinski definition) is 3. The molecule has 0 saturated heterocycles. The van der Waals surface area contributed by atoms with E-state index in [2.05, 4.69) is 49.2 Å². The average molecular weight is 384 g/mol. The van der Waals surface area contributed by atoms with Crippen LogP contribution in [0.4, 0.5) is 0 Å². The molecule has 1 amide bonds. The van der Waals surface area contributed by atoms with E-state index in [4.69, 9.17) is 5.11 Å². The second-order valence-corrected chi connectivity index (χ2v) is 6.99. The van der Waals surface area contributed by atoms with Crippen molar-refractivity contribution < 1.29 is 14.7 Å². The summed E-state index contributed by atoms with van der Waals surface area (Å²) in [5.74, 6) is -1.12. The molecule has 0 unspecified atom stereocenters. The molecular formula is C21H37NO3S. The van der Waals surface area contributed by atoms with E-state index in [9.17, 15) is 9.59 Å². The van der Waals surface area contributed by atoms with Crippen molar-refractivity contribution in [2.75, 3.05) is 5.75 Å². The summed E-state index contributed by atoms with van der Waals surface area (Å²) in [5.41, 5.74) is 0. The summed E-state index contributed by atoms with van der Waals surface area (Å²) in [7, 11) is 0. The van der Waals surface area contributed by atoms with E-state index in [0.717, 1.165) is 32.1 Å². The number of amides is 1. The lowest BCUT2D eigenvalue weighted by Gasteiger charge is -2.11. The fraction of sp³-hybridized carbons (Fsp3) is 0.714. The number of aliphatic carboxylic acids is 1. The Hall–Kier alpha value is -1.23. The molecule has 150 valence electrons. The highest BCUT2D eigenvalue weighted by atomic mass is 32.1. The van der Waals surface area contributed by atoms with E-state index >= 15 is 0 Å². The number of carboxylic acids is 1. The smallest absolute Gasteiger partial charge is 0.327 e. The van der Waals surface area contributed by atoms with Crippen LogP contribution >= 0.6 is 12.6 Å². The highest BCUT2D eigenvalue weighted by Crippen LogP contribution is 2.08. The maximum atomic E-state index is 11.6. The van der Waals surface area contributed by atoms with Gasteiger partial charge in [-0.25, -0.2) is 4.79 Å². The van der Waals surface area contributed by atoms with Gasteiger partial charge in [0, 0.05) is 12.2 Å². The molecule has 0 aliphatic rings. The van der Waals surface area contributed by atoms with Gasteiger partial charge in [-0.05, 0) is 38.5 Å². The maximum Gasteiger partial charge on any atom is 0.327 e. The fourth-order valence-corrected chi connectivity index (χ4v) is 2.80. The number of rotatable bonds is 17. The van der Waals surface area contributed by atoms with Crippen LogP contribution in [0.5, 0.6) is 0 Å². The Bertz CT molecular complexity index is 421. The number of allylic oxidation sites excluding steroid dienone is 4. The zero-order chi connectivity index (χ0) is 19.5. The number of nitrogens with one attached hydrogen (secondary N) is 1. The molecule has 0 fully saturated rings. The van der Waals surface area contributed by atoms with Gasteiger partial charge in [-0.1, -0.05) is 63.3 Å². The Morgan fingerprint density at radius 2 is 1.50 bits per heavy atom. The van der Waals surface area contributed by atoms with Crippen molar-refractivity contribution in [2.45, 2.75) is 90.0 Å². The quantitative estimate of drug-likeness (QED) is 0.181. The molecule has 26 heavy (non-hydrogen) atoms. The topological polar surface area (TPSA) is 66.4 Å². The van der Waals surface area contributed by atoms with Gasteiger partial charge in [-0.2, -0.15) is 12.6 Å². The van der Waals surface area contributed by atoms with Gasteiger partial charge < -0.3 is 10.4 Å². The first-order chi connectivity index (χ1) is 12.6. The number of unbranched alkanes of at least 4 members (excludes halogenated alkanes) is 8. The standard InChI is InChI=1S/C21H37NO3S/c1-2-3-4-5-6-7-8-9-10-11-12-13-14-15-16-17-20(23)22-19(18-26)21(24)25/h6-7,9-10,19,26H,2-5,8,11-18H2,1H3,(H,22,23)(H,24,25)/b7-6+,10-9+/t19-/m0/s1. The van der Waals surface area contributed by atoms with Crippen molar-refractivity contribution in [1.29, 1.82) is 0 Å². The summed E-state index contributed by atoms with van der Waals surface area (Å²) in [6, 6.07) is -0.885. The molecule has 2 N–H and O–H groups in total. The number of thiol groups is 1. The molecule has 0 aromatic rings. The fourth-order valence-electron chi connectivity index (χ4n) is 2.55. The van der Waals surface area contributed by atoms with Gasteiger partial charge in [-0.15, -0.1) is 0 Å². The highest BCUT2D eigenvalue weighted by molar-refractivity contribution is 7.80. The van der Waals surface area contributed by atoms with Gasteiger partial charge >= 0.3 is 5.97 Å². The molecule has 0 aliphatic carbocycles. The summed E-state index contributed by atoms with van der Waals surface area (Å²) in [6.07, 6.45) is 22.0. The maximum absolute atomic E-state index is 11.6. The molecule has 0 aromatic heterocycles. The van der Waals surface area contributed by atoms with Gasteiger partial charge in [0.1, 0.15) is 6.04 Å². The first kappa shape index (κ1) is 24.8. The van der Waals surface area contributed by atoms with E-state index in [1.54, 1.807) is 0 Å². The van der Waals surface area contributed by atoms with E-state index in [0.29, 0.717) is 6.42 Å². The lowest BCUT2D eigenvalue weighted by atomic mass is 10.1. The molecular weight excluding hydrogens is 346 g/mol. The normalized spacial score (nSPS) is 12.7. The third-order valence-corrected chi connectivity index (χ3v) is 4.54. The predicted octanol–water partition coefficient (Wildman–Crippen LogP) is 5.30. The first-order valence-corrected chi connectivity index (χ1v) is 10.7. The third kappa shape index (κ3) is 16.2. The van der Waals surface area contributed by atoms with Gasteiger partial charge in [-0.3, -0.25) is 4.79 Å². The van der Waals surface area contributed by atoms with Crippen LogP contribution < -0.4 is 5.32 Å². The zero-order valence-corrected chi connectivity index (χ0v) is 17.2. The van der Waals surface area contributed by atoms with Gasteiger partial charge in [0.15, 0.2) is 0 Å². The molecule has 0 heterocycles. The Morgan fingerprint density at radius 3 is 2.08 bits per heavy atom. The molecule has 4 nitrogen and oxygen atoms in total. The number of hydrogen-bond donors (Lipinski definition) is 3. The van der Waals surface area contributed by atoms with Crippen LogP contribution in [0.25, 0.3) is 0 Å². The summed E-state index contributed by atoms with van der Waals surface area (Å²) in [6.45, 7) is 2.23. The Balaban J connectivity index is 3.44. The molecule has 0 radical (unpaired) electrons. The van der Waals surface area contributed by atoms with Crippen molar-refractivity contribution in [2.24, 2.45) is 0 Å². The van der Waals surface area contributed by atoms with Gasteiger partial charge in [0.2, 0.25) is 5.91 Å². The largest absolute Gasteiger partial charge is 0.480 e. The zero-order valence-electron chi connectivity index (χ0n) is 16.3. The minimum absolute atomic E-state index is 0.114. The number of carboxylic acid groups (broad SMARTS) is 1.